The number of amides is 1. The molecule has 1 aliphatic rings. The normalized spacial score (nSPS) is 26.1. The molecule has 1 aromatic rings. The second-order valence-corrected chi connectivity index (χ2v) is 5.21. The van der Waals surface area contributed by atoms with Gasteiger partial charge in [-0.1, -0.05) is 25.3 Å². The molecule has 4 heteroatoms. The van der Waals surface area contributed by atoms with E-state index >= 15 is 0 Å². The van der Waals surface area contributed by atoms with Crippen molar-refractivity contribution in [3.8, 4) is 0 Å². The van der Waals surface area contributed by atoms with Gasteiger partial charge >= 0.3 is 0 Å². The number of thiophene rings is 1. The molecule has 2 N–H and O–H groups in total. The number of rotatable bonds is 2. The highest BCUT2D eigenvalue weighted by atomic mass is 32.1. The first-order valence-corrected chi connectivity index (χ1v) is 6.68. The van der Waals surface area contributed by atoms with Crippen molar-refractivity contribution in [1.29, 1.82) is 0 Å². The maximum absolute atomic E-state index is 11.8. The van der Waals surface area contributed by atoms with Gasteiger partial charge in [-0.2, -0.15) is 0 Å². The minimum absolute atomic E-state index is 0.0547. The molecule has 0 aromatic carbocycles. The van der Waals surface area contributed by atoms with Crippen molar-refractivity contribution in [2.45, 2.75) is 44.2 Å². The Morgan fingerprint density at radius 1 is 1.38 bits per heavy atom. The van der Waals surface area contributed by atoms with Crippen molar-refractivity contribution in [1.82, 2.24) is 5.32 Å². The van der Waals surface area contributed by atoms with Gasteiger partial charge in [-0.15, -0.1) is 11.3 Å². The Morgan fingerprint density at radius 3 is 2.94 bits per heavy atom. The average Bonchev–Trinajstić information content (AvgIpc) is 2.73. The second kappa shape index (κ2) is 5.46. The van der Waals surface area contributed by atoms with Crippen LogP contribution in [-0.4, -0.2) is 23.2 Å². The van der Waals surface area contributed by atoms with Crippen molar-refractivity contribution in [2.24, 2.45) is 0 Å². The molecule has 0 spiro atoms. The van der Waals surface area contributed by atoms with Crippen LogP contribution in [0.2, 0.25) is 0 Å². The van der Waals surface area contributed by atoms with Crippen LogP contribution in [0.4, 0.5) is 0 Å². The number of carbonyl (C=O) groups excluding carboxylic acids is 1. The third kappa shape index (κ3) is 2.83. The lowest BCUT2D eigenvalue weighted by Crippen LogP contribution is -2.42. The van der Waals surface area contributed by atoms with Crippen molar-refractivity contribution < 1.29 is 9.90 Å². The van der Waals surface area contributed by atoms with E-state index in [-0.39, 0.29) is 18.1 Å². The molecule has 0 bridgehead atoms. The van der Waals surface area contributed by atoms with Gasteiger partial charge in [0.05, 0.1) is 17.0 Å². The highest BCUT2D eigenvalue weighted by molar-refractivity contribution is 7.12. The van der Waals surface area contributed by atoms with Gasteiger partial charge < -0.3 is 10.4 Å². The third-order valence-corrected chi connectivity index (χ3v) is 3.91. The van der Waals surface area contributed by atoms with Crippen LogP contribution in [0.15, 0.2) is 17.5 Å². The molecule has 1 amide bonds. The van der Waals surface area contributed by atoms with Crippen LogP contribution in [0.25, 0.3) is 0 Å². The molecule has 1 aliphatic carbocycles. The number of aliphatic hydroxyl groups is 1. The lowest BCUT2D eigenvalue weighted by atomic mass is 10.1. The van der Waals surface area contributed by atoms with Crippen LogP contribution in [-0.2, 0) is 0 Å². The van der Waals surface area contributed by atoms with Gasteiger partial charge in [0.1, 0.15) is 0 Å². The van der Waals surface area contributed by atoms with Crippen LogP contribution in [0.3, 0.4) is 0 Å². The molecular weight excluding hydrogens is 222 g/mol. The van der Waals surface area contributed by atoms with Crippen LogP contribution in [0, 0.1) is 0 Å². The molecule has 2 rings (SSSR count). The molecular formula is C12H17NO2S. The van der Waals surface area contributed by atoms with Crippen molar-refractivity contribution in [2.75, 3.05) is 0 Å². The summed E-state index contributed by atoms with van der Waals surface area (Å²) in [6.45, 7) is 0. The van der Waals surface area contributed by atoms with Gasteiger partial charge in [0, 0.05) is 0 Å². The second-order valence-electron chi connectivity index (χ2n) is 4.26. The monoisotopic (exact) mass is 239 g/mol. The van der Waals surface area contributed by atoms with Gasteiger partial charge in [-0.25, -0.2) is 0 Å². The summed E-state index contributed by atoms with van der Waals surface area (Å²) in [6.07, 6.45) is 4.61. The number of aliphatic hydroxyl groups excluding tert-OH is 1. The topological polar surface area (TPSA) is 49.3 Å². The van der Waals surface area contributed by atoms with Crippen LogP contribution < -0.4 is 5.32 Å². The maximum atomic E-state index is 11.8. The van der Waals surface area contributed by atoms with E-state index in [0.717, 1.165) is 37.0 Å². The minimum atomic E-state index is -0.383. The van der Waals surface area contributed by atoms with Crippen molar-refractivity contribution >= 4 is 17.2 Å². The molecule has 0 saturated heterocycles. The zero-order valence-electron chi connectivity index (χ0n) is 9.19. The predicted molar refractivity (Wildman–Crippen MR) is 64.7 cm³/mol. The van der Waals surface area contributed by atoms with Gasteiger partial charge in [0.25, 0.3) is 5.91 Å². The molecule has 1 heterocycles. The molecule has 1 fully saturated rings. The summed E-state index contributed by atoms with van der Waals surface area (Å²) in [4.78, 5) is 12.5. The Hall–Kier alpha value is -0.870. The van der Waals surface area contributed by atoms with E-state index in [2.05, 4.69) is 5.32 Å². The standard InChI is InChI=1S/C12H17NO2S/c14-10-6-3-1-2-5-9(10)13-12(15)11-7-4-8-16-11/h4,7-10,14H,1-3,5-6H2,(H,13,15). The fourth-order valence-corrected chi connectivity index (χ4v) is 2.73. The highest BCUT2D eigenvalue weighted by Gasteiger charge is 2.23. The van der Waals surface area contributed by atoms with E-state index in [1.165, 1.54) is 11.3 Å². The van der Waals surface area contributed by atoms with Crippen molar-refractivity contribution in [3.05, 3.63) is 22.4 Å². The Labute approximate surface area is 99.5 Å². The van der Waals surface area contributed by atoms with E-state index < -0.39 is 0 Å². The Kier molecular flexibility index (Phi) is 3.96. The Balaban J connectivity index is 1.95. The van der Waals surface area contributed by atoms with Gasteiger partial charge in [0.2, 0.25) is 0 Å². The molecule has 16 heavy (non-hydrogen) atoms. The zero-order valence-corrected chi connectivity index (χ0v) is 10.0. The summed E-state index contributed by atoms with van der Waals surface area (Å²) in [5.74, 6) is -0.0547. The van der Waals surface area contributed by atoms with E-state index in [4.69, 9.17) is 0 Å². The Bertz CT molecular complexity index is 337. The molecule has 0 aliphatic heterocycles. The molecule has 2 atom stereocenters. The largest absolute Gasteiger partial charge is 0.391 e. The predicted octanol–water partition coefficient (Wildman–Crippen LogP) is 2.17. The maximum Gasteiger partial charge on any atom is 0.261 e. The highest BCUT2D eigenvalue weighted by Crippen LogP contribution is 2.19. The molecule has 0 radical (unpaired) electrons. The minimum Gasteiger partial charge on any atom is -0.391 e. The first-order chi connectivity index (χ1) is 7.77. The molecule has 1 aromatic heterocycles. The van der Waals surface area contributed by atoms with E-state index in [9.17, 15) is 9.90 Å². The lowest BCUT2D eigenvalue weighted by Gasteiger charge is -2.21. The van der Waals surface area contributed by atoms with E-state index in [0.29, 0.717) is 0 Å². The number of carbonyl (C=O) groups is 1. The Morgan fingerprint density at radius 2 is 2.19 bits per heavy atom. The summed E-state index contributed by atoms with van der Waals surface area (Å²) in [7, 11) is 0. The molecule has 1 saturated carbocycles. The van der Waals surface area contributed by atoms with E-state index in [1.54, 1.807) is 0 Å². The molecule has 2 unspecified atom stereocenters. The lowest BCUT2D eigenvalue weighted by molar-refractivity contribution is 0.0822. The molecule has 3 nitrogen and oxygen atoms in total. The summed E-state index contributed by atoms with van der Waals surface area (Å²) < 4.78 is 0. The fourth-order valence-electron chi connectivity index (χ4n) is 2.10. The smallest absolute Gasteiger partial charge is 0.261 e. The fraction of sp³-hybridized carbons (Fsp3) is 0.583. The molecule has 88 valence electrons. The van der Waals surface area contributed by atoms with Crippen LogP contribution >= 0.6 is 11.3 Å². The van der Waals surface area contributed by atoms with Crippen LogP contribution in [0.1, 0.15) is 41.8 Å². The van der Waals surface area contributed by atoms with Gasteiger partial charge in [-0.3, -0.25) is 4.79 Å². The van der Waals surface area contributed by atoms with Gasteiger partial charge in [-0.05, 0) is 24.3 Å². The number of nitrogens with one attached hydrogen (secondary N) is 1. The van der Waals surface area contributed by atoms with E-state index in [1.807, 2.05) is 17.5 Å². The van der Waals surface area contributed by atoms with Crippen LogP contribution in [0.5, 0.6) is 0 Å². The first kappa shape index (κ1) is 11.6. The van der Waals surface area contributed by atoms with Crippen molar-refractivity contribution in [3.63, 3.8) is 0 Å². The van der Waals surface area contributed by atoms with Gasteiger partial charge in [0.15, 0.2) is 0 Å². The first-order valence-electron chi connectivity index (χ1n) is 5.80. The quantitative estimate of drug-likeness (QED) is 0.777. The summed E-state index contributed by atoms with van der Waals surface area (Å²) in [5.41, 5.74) is 0. The summed E-state index contributed by atoms with van der Waals surface area (Å²) >= 11 is 1.43. The average molecular weight is 239 g/mol. The summed E-state index contributed by atoms with van der Waals surface area (Å²) in [6, 6.07) is 3.60. The number of hydrogen-bond donors (Lipinski definition) is 2. The zero-order chi connectivity index (χ0) is 11.4. The SMILES string of the molecule is O=C(NC1CCCCCC1O)c1cccs1. The number of hydrogen-bond acceptors (Lipinski definition) is 3. The third-order valence-electron chi connectivity index (χ3n) is 3.04. The summed E-state index contributed by atoms with van der Waals surface area (Å²) in [5, 5.41) is 14.7.